The zero-order valence-corrected chi connectivity index (χ0v) is 18.7. The second kappa shape index (κ2) is 11.0. The molecule has 0 saturated carbocycles. The average molecular weight is 401 g/mol. The van der Waals surface area contributed by atoms with Crippen molar-refractivity contribution in [2.45, 2.75) is 46.5 Å². The van der Waals surface area contributed by atoms with Gasteiger partial charge >= 0.3 is 0 Å². The van der Waals surface area contributed by atoms with Crippen molar-refractivity contribution in [3.05, 3.63) is 59.5 Å². The zero-order valence-electron chi connectivity index (χ0n) is 18.7. The van der Waals surface area contributed by atoms with Crippen LogP contribution in [0.3, 0.4) is 0 Å². The highest BCUT2D eigenvalue weighted by atomic mass is 16.5. The molecule has 2 rings (SSSR count). The third kappa shape index (κ3) is 7.55. The fourth-order valence-corrected chi connectivity index (χ4v) is 3.23. The van der Waals surface area contributed by atoms with Gasteiger partial charge in [-0.25, -0.2) is 0 Å². The van der Waals surface area contributed by atoms with Crippen LogP contribution in [-0.2, 0) is 24.4 Å². The summed E-state index contributed by atoms with van der Waals surface area (Å²) in [6, 6.07) is 12.4. The van der Waals surface area contributed by atoms with Crippen LogP contribution in [0.15, 0.2) is 52.1 Å². The molecule has 29 heavy (non-hydrogen) atoms. The van der Waals surface area contributed by atoms with Crippen LogP contribution in [-0.4, -0.2) is 44.7 Å². The molecule has 2 N–H and O–H groups in total. The molecule has 0 bridgehead atoms. The number of aliphatic imine (C=N–C) groups is 1. The lowest BCUT2D eigenvalue weighted by molar-refractivity contribution is 0.0205. The zero-order chi connectivity index (χ0) is 21.3. The Morgan fingerprint density at radius 1 is 1.10 bits per heavy atom. The Morgan fingerprint density at radius 3 is 2.41 bits per heavy atom. The Balaban J connectivity index is 1.92. The fourth-order valence-electron chi connectivity index (χ4n) is 3.23. The molecule has 0 aliphatic rings. The summed E-state index contributed by atoms with van der Waals surface area (Å²) in [6.07, 6.45) is 1.82. The molecule has 1 heterocycles. The van der Waals surface area contributed by atoms with Gasteiger partial charge in [-0.3, -0.25) is 9.89 Å². The van der Waals surface area contributed by atoms with Crippen molar-refractivity contribution in [2.75, 3.05) is 27.7 Å². The molecule has 1 atom stereocenters. The fraction of sp³-hybridized carbons (Fsp3) is 0.522. The quantitative estimate of drug-likeness (QED) is 0.497. The first-order chi connectivity index (χ1) is 13.8. The van der Waals surface area contributed by atoms with E-state index in [-0.39, 0.29) is 11.5 Å². The molecular formula is C23H36N4O2. The minimum Gasteiger partial charge on any atom is -0.468 e. The number of benzene rings is 1. The molecule has 2 aromatic rings. The molecule has 6 nitrogen and oxygen atoms in total. The van der Waals surface area contributed by atoms with Gasteiger partial charge in [-0.1, -0.05) is 45.0 Å². The van der Waals surface area contributed by atoms with Gasteiger partial charge in [0.15, 0.2) is 5.96 Å². The van der Waals surface area contributed by atoms with E-state index >= 15 is 0 Å². The first kappa shape index (κ1) is 23.0. The van der Waals surface area contributed by atoms with Crippen molar-refractivity contribution in [1.82, 2.24) is 15.5 Å². The lowest BCUT2D eigenvalue weighted by atomic mass is 9.89. The van der Waals surface area contributed by atoms with Gasteiger partial charge in [0.2, 0.25) is 0 Å². The van der Waals surface area contributed by atoms with Gasteiger partial charge in [0.25, 0.3) is 0 Å². The van der Waals surface area contributed by atoms with Crippen LogP contribution in [0.2, 0.25) is 0 Å². The summed E-state index contributed by atoms with van der Waals surface area (Å²) < 4.78 is 11.1. The van der Waals surface area contributed by atoms with Crippen LogP contribution in [0.25, 0.3) is 0 Å². The van der Waals surface area contributed by atoms with Crippen LogP contribution in [0.4, 0.5) is 0 Å². The molecule has 160 valence electrons. The smallest absolute Gasteiger partial charge is 0.191 e. The first-order valence-electron chi connectivity index (χ1n) is 10.1. The number of rotatable bonds is 9. The van der Waals surface area contributed by atoms with Crippen LogP contribution >= 0.6 is 0 Å². The maximum Gasteiger partial charge on any atom is 0.191 e. The maximum atomic E-state index is 5.62. The van der Waals surface area contributed by atoms with Crippen molar-refractivity contribution in [1.29, 1.82) is 0 Å². The highest BCUT2D eigenvalue weighted by molar-refractivity contribution is 5.79. The van der Waals surface area contributed by atoms with Crippen LogP contribution in [0, 0.1) is 5.41 Å². The molecule has 1 aromatic heterocycles. The van der Waals surface area contributed by atoms with E-state index < -0.39 is 0 Å². The summed E-state index contributed by atoms with van der Waals surface area (Å²) in [4.78, 5) is 6.60. The Kier molecular flexibility index (Phi) is 8.73. The summed E-state index contributed by atoms with van der Waals surface area (Å²) in [7, 11) is 5.64. The van der Waals surface area contributed by atoms with Crippen molar-refractivity contribution in [3.63, 3.8) is 0 Å². The van der Waals surface area contributed by atoms with Gasteiger partial charge in [0.1, 0.15) is 5.76 Å². The molecule has 0 aliphatic heterocycles. The standard InChI is InChI=1S/C23H36N4O2/c1-23(2,3)21(28-6)15-26-22(24-4)25-14-18-10-7-8-11-19(18)16-27(5)17-20-12-9-13-29-20/h7-13,21H,14-17H2,1-6H3,(H2,24,25,26). The van der Waals surface area contributed by atoms with Gasteiger partial charge in [-0.15, -0.1) is 0 Å². The third-order valence-corrected chi connectivity index (χ3v) is 4.94. The van der Waals surface area contributed by atoms with Crippen molar-refractivity contribution in [3.8, 4) is 0 Å². The SMILES string of the molecule is CN=C(NCc1ccccc1CN(C)Cc1ccco1)NCC(OC)C(C)(C)C. The molecule has 0 spiro atoms. The maximum absolute atomic E-state index is 5.62. The van der Waals surface area contributed by atoms with Gasteiger partial charge in [0, 0.05) is 33.8 Å². The Bertz CT molecular complexity index is 750. The minimum atomic E-state index is 0.0613. The second-order valence-electron chi connectivity index (χ2n) is 8.42. The molecule has 0 radical (unpaired) electrons. The molecule has 0 fully saturated rings. The van der Waals surface area contributed by atoms with Crippen LogP contribution in [0.1, 0.15) is 37.7 Å². The summed E-state index contributed by atoms with van der Waals surface area (Å²) in [5, 5.41) is 6.80. The van der Waals surface area contributed by atoms with E-state index in [0.717, 1.165) is 24.8 Å². The Labute approximate surface area is 175 Å². The van der Waals surface area contributed by atoms with Crippen molar-refractivity contribution < 1.29 is 9.15 Å². The van der Waals surface area contributed by atoms with Crippen LogP contribution in [0.5, 0.6) is 0 Å². The lowest BCUT2D eigenvalue weighted by Crippen LogP contribution is -2.45. The molecule has 1 unspecified atom stereocenters. The Hall–Kier alpha value is -2.31. The molecular weight excluding hydrogens is 364 g/mol. The number of hydrogen-bond donors (Lipinski definition) is 2. The van der Waals surface area contributed by atoms with Gasteiger partial charge in [0.05, 0.1) is 18.9 Å². The summed E-state index contributed by atoms with van der Waals surface area (Å²) in [5.74, 6) is 1.74. The number of nitrogens with zero attached hydrogens (tertiary/aromatic N) is 2. The van der Waals surface area contributed by atoms with E-state index in [0.29, 0.717) is 13.1 Å². The first-order valence-corrected chi connectivity index (χ1v) is 10.1. The molecule has 0 amide bonds. The lowest BCUT2D eigenvalue weighted by Gasteiger charge is -2.30. The summed E-state index contributed by atoms with van der Waals surface area (Å²) in [6.45, 7) is 9.56. The highest BCUT2D eigenvalue weighted by Crippen LogP contribution is 2.21. The third-order valence-electron chi connectivity index (χ3n) is 4.94. The molecule has 0 aliphatic carbocycles. The van der Waals surface area contributed by atoms with Gasteiger partial charge < -0.3 is 19.8 Å². The van der Waals surface area contributed by atoms with Gasteiger partial charge in [-0.05, 0) is 35.7 Å². The molecule has 1 aromatic carbocycles. The van der Waals surface area contributed by atoms with Gasteiger partial charge in [-0.2, -0.15) is 0 Å². The van der Waals surface area contributed by atoms with E-state index in [1.165, 1.54) is 11.1 Å². The second-order valence-corrected chi connectivity index (χ2v) is 8.42. The predicted octanol–water partition coefficient (Wildman–Crippen LogP) is 3.64. The number of hydrogen-bond acceptors (Lipinski definition) is 4. The monoisotopic (exact) mass is 400 g/mol. The topological polar surface area (TPSA) is 62.0 Å². The minimum absolute atomic E-state index is 0.0613. The summed E-state index contributed by atoms with van der Waals surface area (Å²) >= 11 is 0. The number of nitrogens with one attached hydrogen (secondary N) is 2. The van der Waals surface area contributed by atoms with E-state index in [4.69, 9.17) is 9.15 Å². The van der Waals surface area contributed by atoms with E-state index in [1.54, 1.807) is 20.4 Å². The van der Waals surface area contributed by atoms with Crippen molar-refractivity contribution in [2.24, 2.45) is 10.4 Å². The molecule has 0 saturated heterocycles. The Morgan fingerprint density at radius 2 is 1.83 bits per heavy atom. The van der Waals surface area contributed by atoms with E-state index in [9.17, 15) is 0 Å². The van der Waals surface area contributed by atoms with E-state index in [1.807, 2.05) is 12.1 Å². The largest absolute Gasteiger partial charge is 0.468 e. The highest BCUT2D eigenvalue weighted by Gasteiger charge is 2.24. The predicted molar refractivity (Wildman–Crippen MR) is 119 cm³/mol. The van der Waals surface area contributed by atoms with Crippen molar-refractivity contribution >= 4 is 5.96 Å². The number of furan rings is 1. The number of ether oxygens (including phenoxy) is 1. The number of methoxy groups -OCH3 is 1. The van der Waals surface area contributed by atoms with Crippen LogP contribution < -0.4 is 10.6 Å². The summed E-state index contributed by atoms with van der Waals surface area (Å²) in [5.41, 5.74) is 2.60. The van der Waals surface area contributed by atoms with E-state index in [2.05, 4.69) is 72.6 Å². The normalized spacial score (nSPS) is 13.6. The molecule has 6 heteroatoms. The average Bonchev–Trinajstić information content (AvgIpc) is 3.17. The number of guanidine groups is 1.